The molecule has 0 bridgehead atoms. The molecular weight excluding hydrogens is 314 g/mol. The van der Waals surface area contributed by atoms with Crippen molar-refractivity contribution in [1.29, 1.82) is 0 Å². The van der Waals surface area contributed by atoms with Crippen molar-refractivity contribution in [1.82, 2.24) is 14.9 Å². The molecule has 134 valence electrons. The van der Waals surface area contributed by atoms with Gasteiger partial charge in [0.15, 0.2) is 0 Å². The van der Waals surface area contributed by atoms with Crippen LogP contribution in [0.15, 0.2) is 42.7 Å². The summed E-state index contributed by atoms with van der Waals surface area (Å²) >= 11 is 0. The van der Waals surface area contributed by atoms with E-state index in [1.807, 2.05) is 30.6 Å². The van der Waals surface area contributed by atoms with E-state index in [9.17, 15) is 0 Å². The maximum atomic E-state index is 5.95. The molecule has 0 spiro atoms. The largest absolute Gasteiger partial charge is 0.496 e. The van der Waals surface area contributed by atoms with Gasteiger partial charge in [-0.3, -0.25) is 0 Å². The van der Waals surface area contributed by atoms with Crippen LogP contribution in [0.1, 0.15) is 30.8 Å². The van der Waals surface area contributed by atoms with Crippen molar-refractivity contribution in [3.63, 3.8) is 0 Å². The highest BCUT2D eigenvalue weighted by Crippen LogP contribution is 2.33. The van der Waals surface area contributed by atoms with E-state index < -0.39 is 0 Å². The van der Waals surface area contributed by atoms with Gasteiger partial charge in [0.05, 0.1) is 7.11 Å². The number of rotatable bonds is 8. The molecule has 1 fully saturated rings. The van der Waals surface area contributed by atoms with Gasteiger partial charge in [0.2, 0.25) is 0 Å². The number of nitrogens with zero attached hydrogens (tertiary/aromatic N) is 2. The summed E-state index contributed by atoms with van der Waals surface area (Å²) in [5, 5.41) is 3.52. The summed E-state index contributed by atoms with van der Waals surface area (Å²) in [7, 11) is 1.70. The van der Waals surface area contributed by atoms with Crippen molar-refractivity contribution in [2.24, 2.45) is 5.92 Å². The van der Waals surface area contributed by atoms with Crippen molar-refractivity contribution in [3.05, 3.63) is 54.1 Å². The lowest BCUT2D eigenvalue weighted by Crippen LogP contribution is -2.26. The molecule has 1 aromatic carbocycles. The molecule has 0 aliphatic carbocycles. The molecule has 1 saturated heterocycles. The van der Waals surface area contributed by atoms with Crippen molar-refractivity contribution >= 4 is 6.08 Å². The van der Waals surface area contributed by atoms with E-state index >= 15 is 0 Å². The average Bonchev–Trinajstić information content (AvgIpc) is 3.30. The number of benzene rings is 1. The first-order valence-corrected chi connectivity index (χ1v) is 8.96. The number of para-hydroxylation sites is 1. The normalized spacial score (nSPS) is 20.4. The molecule has 1 aliphatic rings. The van der Waals surface area contributed by atoms with Crippen LogP contribution in [0.3, 0.4) is 0 Å². The van der Waals surface area contributed by atoms with Gasteiger partial charge in [0.25, 0.3) is 0 Å². The van der Waals surface area contributed by atoms with E-state index in [2.05, 4.69) is 40.0 Å². The maximum Gasteiger partial charge on any atom is 0.138 e. The quantitative estimate of drug-likeness (QED) is 0.749. The number of imidazole rings is 1. The van der Waals surface area contributed by atoms with Crippen LogP contribution in [0.4, 0.5) is 0 Å². The Bertz CT molecular complexity index is 696. The number of methoxy groups -OCH3 is 1. The van der Waals surface area contributed by atoms with Gasteiger partial charge in [0.1, 0.15) is 17.7 Å². The fourth-order valence-electron chi connectivity index (χ4n) is 3.32. The van der Waals surface area contributed by atoms with E-state index in [0.717, 1.165) is 49.8 Å². The van der Waals surface area contributed by atoms with Gasteiger partial charge in [-0.15, -0.1) is 0 Å². The predicted molar refractivity (Wildman–Crippen MR) is 99.6 cm³/mol. The summed E-state index contributed by atoms with van der Waals surface area (Å²) in [5.74, 6) is 2.41. The predicted octanol–water partition coefficient (Wildman–Crippen LogP) is 3.29. The molecule has 2 heterocycles. The maximum absolute atomic E-state index is 5.95. The van der Waals surface area contributed by atoms with Crippen molar-refractivity contribution in [2.75, 3.05) is 26.8 Å². The zero-order chi connectivity index (χ0) is 17.5. The van der Waals surface area contributed by atoms with Gasteiger partial charge in [-0.25, -0.2) is 4.98 Å². The van der Waals surface area contributed by atoms with E-state index in [0.29, 0.717) is 5.92 Å². The molecule has 2 atom stereocenters. The summed E-state index contributed by atoms with van der Waals surface area (Å²) in [4.78, 5) is 4.50. The Labute approximate surface area is 149 Å². The fourth-order valence-corrected chi connectivity index (χ4v) is 3.32. The van der Waals surface area contributed by atoms with Crippen LogP contribution in [-0.2, 0) is 11.3 Å². The Morgan fingerprint density at radius 3 is 3.12 bits per heavy atom. The second-order valence-electron chi connectivity index (χ2n) is 6.21. The number of nitrogens with one attached hydrogen (secondary N) is 1. The molecule has 5 nitrogen and oxygen atoms in total. The topological polar surface area (TPSA) is 48.3 Å². The minimum Gasteiger partial charge on any atom is -0.496 e. The molecule has 1 aromatic heterocycles. The van der Waals surface area contributed by atoms with Crippen LogP contribution in [0.25, 0.3) is 6.08 Å². The molecule has 3 rings (SSSR count). The van der Waals surface area contributed by atoms with Gasteiger partial charge in [-0.05, 0) is 19.4 Å². The monoisotopic (exact) mass is 341 g/mol. The zero-order valence-corrected chi connectivity index (χ0v) is 15.0. The summed E-state index contributed by atoms with van der Waals surface area (Å²) in [6.07, 6.45) is 9.29. The lowest BCUT2D eigenvalue weighted by molar-refractivity contribution is 0.0807. The molecule has 5 heteroatoms. The highest BCUT2D eigenvalue weighted by Gasteiger charge is 2.32. The zero-order valence-electron chi connectivity index (χ0n) is 15.0. The molecule has 1 N–H and O–H groups in total. The average molecular weight is 341 g/mol. The molecule has 0 radical (unpaired) electrons. The number of aryl methyl sites for hydroxylation is 1. The molecule has 2 aromatic rings. The number of hydrogen-bond acceptors (Lipinski definition) is 4. The minimum absolute atomic E-state index is 0.0978. The van der Waals surface area contributed by atoms with Gasteiger partial charge in [-0.1, -0.05) is 30.4 Å². The molecule has 0 amide bonds. The molecule has 25 heavy (non-hydrogen) atoms. The number of aromatic nitrogens is 2. The van der Waals surface area contributed by atoms with Crippen molar-refractivity contribution in [3.8, 4) is 5.75 Å². The van der Waals surface area contributed by atoms with Gasteiger partial charge in [0, 0.05) is 50.1 Å². The Kier molecular flexibility index (Phi) is 6.25. The third-order valence-corrected chi connectivity index (χ3v) is 4.66. The Morgan fingerprint density at radius 2 is 2.28 bits per heavy atom. The smallest absolute Gasteiger partial charge is 0.138 e. The van der Waals surface area contributed by atoms with E-state index in [-0.39, 0.29) is 6.10 Å². The summed E-state index contributed by atoms with van der Waals surface area (Å²) < 4.78 is 13.5. The SMILES string of the molecule is CCn1ccnc1[C@@H]1OCC[C@H]1CNCC=Cc1ccccc1OC. The summed E-state index contributed by atoms with van der Waals surface area (Å²) in [6, 6.07) is 8.03. The highest BCUT2D eigenvalue weighted by atomic mass is 16.5. The second kappa shape index (κ2) is 8.83. The third kappa shape index (κ3) is 4.30. The first-order valence-electron chi connectivity index (χ1n) is 8.96. The minimum atomic E-state index is 0.0978. The van der Waals surface area contributed by atoms with Gasteiger partial charge < -0.3 is 19.4 Å². The van der Waals surface area contributed by atoms with Crippen molar-refractivity contribution < 1.29 is 9.47 Å². The summed E-state index contributed by atoms with van der Waals surface area (Å²) in [6.45, 7) is 5.62. The second-order valence-corrected chi connectivity index (χ2v) is 6.21. The van der Waals surface area contributed by atoms with Crippen LogP contribution < -0.4 is 10.1 Å². The highest BCUT2D eigenvalue weighted by molar-refractivity contribution is 5.57. The standard InChI is InChI=1S/C20H27N3O2/c1-3-23-13-12-22-20(23)19-17(10-14-25-19)15-21-11-6-8-16-7-4-5-9-18(16)24-2/h4-9,12-13,17,19,21H,3,10-11,14-15H2,1-2H3/t17-,19+/m0/s1. The van der Waals surface area contributed by atoms with Crippen LogP contribution in [0, 0.1) is 5.92 Å². The third-order valence-electron chi connectivity index (χ3n) is 4.66. The molecular formula is C20H27N3O2. The molecule has 0 unspecified atom stereocenters. The first kappa shape index (κ1) is 17.7. The summed E-state index contributed by atoms with van der Waals surface area (Å²) in [5.41, 5.74) is 1.10. The van der Waals surface area contributed by atoms with Crippen LogP contribution in [-0.4, -0.2) is 36.4 Å². The van der Waals surface area contributed by atoms with Gasteiger partial charge >= 0.3 is 0 Å². The fraction of sp³-hybridized carbons (Fsp3) is 0.450. The Balaban J connectivity index is 1.51. The molecule has 1 aliphatic heterocycles. The van der Waals surface area contributed by atoms with E-state index in [1.165, 1.54) is 0 Å². The Hall–Kier alpha value is -2.11. The lowest BCUT2D eigenvalue weighted by atomic mass is 10.0. The molecule has 0 saturated carbocycles. The Morgan fingerprint density at radius 1 is 1.40 bits per heavy atom. The van der Waals surface area contributed by atoms with E-state index in [4.69, 9.17) is 9.47 Å². The van der Waals surface area contributed by atoms with E-state index in [1.54, 1.807) is 7.11 Å². The first-order chi connectivity index (χ1) is 12.3. The van der Waals surface area contributed by atoms with Crippen molar-refractivity contribution in [2.45, 2.75) is 26.0 Å². The van der Waals surface area contributed by atoms with Crippen LogP contribution in [0.5, 0.6) is 5.75 Å². The van der Waals surface area contributed by atoms with Gasteiger partial charge in [-0.2, -0.15) is 0 Å². The number of ether oxygens (including phenoxy) is 2. The lowest BCUT2D eigenvalue weighted by Gasteiger charge is -2.19. The van der Waals surface area contributed by atoms with Crippen LogP contribution >= 0.6 is 0 Å². The van der Waals surface area contributed by atoms with Crippen LogP contribution in [0.2, 0.25) is 0 Å². The number of hydrogen-bond donors (Lipinski definition) is 1.